The first kappa shape index (κ1) is 16.0. The van der Waals surface area contributed by atoms with Crippen LogP contribution in [0, 0.1) is 12.8 Å². The van der Waals surface area contributed by atoms with Crippen LogP contribution in [0.1, 0.15) is 57.4 Å². The first-order valence-corrected chi connectivity index (χ1v) is 7.93. The van der Waals surface area contributed by atoms with Gasteiger partial charge in [0.25, 0.3) is 0 Å². The van der Waals surface area contributed by atoms with E-state index < -0.39 is 0 Å². The molecule has 1 aliphatic carbocycles. The van der Waals surface area contributed by atoms with E-state index >= 15 is 0 Å². The van der Waals surface area contributed by atoms with Gasteiger partial charge in [-0.1, -0.05) is 31.8 Å². The van der Waals surface area contributed by atoms with Crippen LogP contribution in [0.4, 0.5) is 0 Å². The van der Waals surface area contributed by atoms with Gasteiger partial charge in [-0.25, -0.2) is 0 Å². The van der Waals surface area contributed by atoms with E-state index in [0.717, 1.165) is 24.3 Å². The average molecular weight is 294 g/mol. The predicted molar refractivity (Wildman–Crippen MR) is 79.7 cm³/mol. The summed E-state index contributed by atoms with van der Waals surface area (Å²) in [6, 6.07) is 1.82. The predicted octanol–water partition coefficient (Wildman–Crippen LogP) is 2.97. The number of aromatic nitrogens is 1. The highest BCUT2D eigenvalue weighted by molar-refractivity contribution is 5.80. The van der Waals surface area contributed by atoms with Gasteiger partial charge in [-0.15, -0.1) is 0 Å². The molecule has 1 aromatic rings. The van der Waals surface area contributed by atoms with Crippen LogP contribution in [0.2, 0.25) is 0 Å². The molecule has 3 atom stereocenters. The number of rotatable bonds is 6. The molecule has 1 N–H and O–H groups in total. The molecule has 1 fully saturated rings. The van der Waals surface area contributed by atoms with Gasteiger partial charge in [0.1, 0.15) is 17.6 Å². The van der Waals surface area contributed by atoms with E-state index in [-0.39, 0.29) is 18.1 Å². The van der Waals surface area contributed by atoms with Crippen molar-refractivity contribution in [1.29, 1.82) is 0 Å². The summed E-state index contributed by atoms with van der Waals surface area (Å²) in [4.78, 5) is 12.2. The van der Waals surface area contributed by atoms with E-state index in [0.29, 0.717) is 18.9 Å². The Morgan fingerprint density at radius 2 is 2.38 bits per heavy atom. The van der Waals surface area contributed by atoms with Gasteiger partial charge in [0.05, 0.1) is 12.6 Å². The van der Waals surface area contributed by atoms with E-state index in [1.54, 1.807) is 0 Å². The highest BCUT2D eigenvalue weighted by Crippen LogP contribution is 2.26. The molecule has 1 heterocycles. The van der Waals surface area contributed by atoms with Crippen LogP contribution in [-0.4, -0.2) is 23.3 Å². The summed E-state index contributed by atoms with van der Waals surface area (Å²) in [5.41, 5.74) is 0.738. The number of nitrogens with zero attached hydrogens (tertiary/aromatic N) is 1. The topological polar surface area (TPSA) is 64.4 Å². The van der Waals surface area contributed by atoms with E-state index in [2.05, 4.69) is 17.4 Å². The quantitative estimate of drug-likeness (QED) is 0.876. The zero-order chi connectivity index (χ0) is 15.2. The van der Waals surface area contributed by atoms with Crippen molar-refractivity contribution in [2.45, 2.75) is 71.6 Å². The molecule has 0 spiro atoms. The van der Waals surface area contributed by atoms with Crippen molar-refractivity contribution in [1.82, 2.24) is 10.5 Å². The largest absolute Gasteiger partial charge is 0.365 e. The lowest BCUT2D eigenvalue weighted by molar-refractivity contribution is -0.139. The number of nitrogens with one attached hydrogen (secondary N) is 1. The third-order valence-corrected chi connectivity index (χ3v) is 4.03. The van der Waals surface area contributed by atoms with Crippen LogP contribution >= 0.6 is 0 Å². The van der Waals surface area contributed by atoms with E-state index in [1.807, 2.05) is 19.9 Å². The molecule has 0 aliphatic heterocycles. The molecular formula is C16H26N2O3. The van der Waals surface area contributed by atoms with Crippen LogP contribution in [0.5, 0.6) is 0 Å². The van der Waals surface area contributed by atoms with Gasteiger partial charge in [-0.3, -0.25) is 4.79 Å². The Kier molecular flexibility index (Phi) is 5.79. The smallest absolute Gasteiger partial charge is 0.249 e. The molecule has 21 heavy (non-hydrogen) atoms. The molecule has 5 nitrogen and oxygen atoms in total. The highest BCUT2D eigenvalue weighted by Gasteiger charge is 2.25. The number of carbonyl (C=O) groups is 1. The van der Waals surface area contributed by atoms with Gasteiger partial charge in [-0.05, 0) is 32.1 Å². The van der Waals surface area contributed by atoms with Gasteiger partial charge >= 0.3 is 0 Å². The second-order valence-corrected chi connectivity index (χ2v) is 6.07. The Hall–Kier alpha value is -1.36. The fraction of sp³-hybridized carbons (Fsp3) is 0.750. The van der Waals surface area contributed by atoms with Crippen molar-refractivity contribution in [3.63, 3.8) is 0 Å². The normalized spacial score (nSPS) is 23.8. The molecule has 1 aromatic heterocycles. The van der Waals surface area contributed by atoms with Gasteiger partial charge in [0, 0.05) is 6.07 Å². The number of ether oxygens (including phenoxy) is 1. The first-order chi connectivity index (χ1) is 10.1. The number of aryl methyl sites for hydroxylation is 1. The zero-order valence-electron chi connectivity index (χ0n) is 13.2. The number of amides is 1. The maximum atomic E-state index is 12.2. The molecule has 5 heteroatoms. The van der Waals surface area contributed by atoms with Crippen LogP contribution < -0.4 is 5.32 Å². The Bertz CT molecular complexity index is 458. The Morgan fingerprint density at radius 1 is 1.57 bits per heavy atom. The molecule has 118 valence electrons. The van der Waals surface area contributed by atoms with Crippen LogP contribution in [0.25, 0.3) is 0 Å². The highest BCUT2D eigenvalue weighted by atomic mass is 16.5. The third kappa shape index (κ3) is 4.84. The fourth-order valence-electron chi connectivity index (χ4n) is 2.87. The molecular weight excluding hydrogens is 268 g/mol. The Labute approximate surface area is 126 Å². The SMILES string of the molecule is CC[C@H](O[C@@H]1CCC[C@@H](C)C1)C(=O)NCc1cc(C)on1. The van der Waals surface area contributed by atoms with Crippen molar-refractivity contribution in [2.75, 3.05) is 0 Å². The molecule has 2 rings (SSSR count). The number of hydrogen-bond acceptors (Lipinski definition) is 4. The van der Waals surface area contributed by atoms with Crippen molar-refractivity contribution >= 4 is 5.91 Å². The van der Waals surface area contributed by atoms with Crippen LogP contribution in [0.15, 0.2) is 10.6 Å². The number of carbonyl (C=O) groups excluding carboxylic acids is 1. The van der Waals surface area contributed by atoms with Crippen molar-refractivity contribution in [3.8, 4) is 0 Å². The van der Waals surface area contributed by atoms with Gasteiger partial charge < -0.3 is 14.6 Å². The van der Waals surface area contributed by atoms with E-state index in [9.17, 15) is 4.79 Å². The molecule has 0 saturated heterocycles. The monoisotopic (exact) mass is 294 g/mol. The molecule has 0 aromatic carbocycles. The fourth-order valence-corrected chi connectivity index (χ4v) is 2.87. The lowest BCUT2D eigenvalue weighted by Crippen LogP contribution is -2.39. The van der Waals surface area contributed by atoms with Crippen molar-refractivity contribution in [3.05, 3.63) is 17.5 Å². The summed E-state index contributed by atoms with van der Waals surface area (Å²) in [5, 5.41) is 6.75. The average Bonchev–Trinajstić information content (AvgIpc) is 2.88. The molecule has 1 aliphatic rings. The summed E-state index contributed by atoms with van der Waals surface area (Å²) in [7, 11) is 0. The summed E-state index contributed by atoms with van der Waals surface area (Å²) >= 11 is 0. The molecule has 1 amide bonds. The summed E-state index contributed by atoms with van der Waals surface area (Å²) in [5.74, 6) is 1.39. The summed E-state index contributed by atoms with van der Waals surface area (Å²) in [6.45, 7) is 6.46. The number of hydrogen-bond donors (Lipinski definition) is 1. The molecule has 0 bridgehead atoms. The lowest BCUT2D eigenvalue weighted by atomic mass is 9.88. The minimum Gasteiger partial charge on any atom is -0.365 e. The maximum Gasteiger partial charge on any atom is 0.249 e. The second kappa shape index (κ2) is 7.59. The molecule has 1 saturated carbocycles. The van der Waals surface area contributed by atoms with Crippen molar-refractivity contribution < 1.29 is 14.1 Å². The minimum absolute atomic E-state index is 0.0589. The first-order valence-electron chi connectivity index (χ1n) is 7.93. The summed E-state index contributed by atoms with van der Waals surface area (Å²) < 4.78 is 11.0. The Balaban J connectivity index is 1.80. The summed E-state index contributed by atoms with van der Waals surface area (Å²) in [6.07, 6.45) is 5.14. The zero-order valence-corrected chi connectivity index (χ0v) is 13.2. The second-order valence-electron chi connectivity index (χ2n) is 6.07. The van der Waals surface area contributed by atoms with Gasteiger partial charge in [0.15, 0.2) is 0 Å². The van der Waals surface area contributed by atoms with Crippen LogP contribution in [0.3, 0.4) is 0 Å². The standard InChI is InChI=1S/C16H26N2O3/c1-4-15(20-14-7-5-6-11(2)8-14)16(19)17-10-13-9-12(3)21-18-13/h9,11,14-15H,4-8,10H2,1-3H3,(H,17,19)/t11-,14-,15+/m1/s1. The third-order valence-electron chi connectivity index (χ3n) is 4.03. The van der Waals surface area contributed by atoms with E-state index in [1.165, 1.54) is 12.8 Å². The van der Waals surface area contributed by atoms with Gasteiger partial charge in [0.2, 0.25) is 5.91 Å². The van der Waals surface area contributed by atoms with Gasteiger partial charge in [-0.2, -0.15) is 0 Å². The van der Waals surface area contributed by atoms with E-state index in [4.69, 9.17) is 9.26 Å². The van der Waals surface area contributed by atoms with Crippen LogP contribution in [-0.2, 0) is 16.1 Å². The minimum atomic E-state index is -0.367. The lowest BCUT2D eigenvalue weighted by Gasteiger charge is -2.29. The molecule has 0 radical (unpaired) electrons. The maximum absolute atomic E-state index is 12.2. The molecule has 0 unspecified atom stereocenters. The van der Waals surface area contributed by atoms with Crippen molar-refractivity contribution in [2.24, 2.45) is 5.92 Å². The Morgan fingerprint density at radius 3 is 3.00 bits per heavy atom.